The molecule has 0 saturated heterocycles. The Bertz CT molecular complexity index is 2510. The Morgan fingerprint density at radius 1 is 0.263 bits per heavy atom. The van der Waals surface area contributed by atoms with E-state index < -0.39 is 260 Å². The smallest absolute Gasteiger partial charge is 0.407 e. The number of amides is 2. The molecule has 0 aromatic carbocycles. The maximum Gasteiger partial charge on any atom is 0.407 e. The van der Waals surface area contributed by atoms with E-state index in [1.807, 2.05) is 0 Å². The lowest BCUT2D eigenvalue weighted by atomic mass is 9.75. The lowest BCUT2D eigenvalue weighted by Gasteiger charge is -2.46. The summed E-state index contributed by atoms with van der Waals surface area (Å²) in [6, 6.07) is -4.80. The number of alkyl halides is 48. The van der Waals surface area contributed by atoms with Crippen LogP contribution >= 0.6 is 0 Å². The summed E-state index contributed by atoms with van der Waals surface area (Å²) < 4.78 is 672. The average Bonchev–Trinajstić information content (AvgIpc) is 0.691. The molecule has 6 nitrogen and oxygen atoms in total. The Kier molecular flexibility index (Phi) is 22.3. The average molecular weight is 1530 g/mol. The van der Waals surface area contributed by atoms with Crippen LogP contribution in [0.3, 0.4) is 0 Å². The zero-order valence-corrected chi connectivity index (χ0v) is 44.0. The summed E-state index contributed by atoms with van der Waals surface area (Å²) in [6.07, 6.45) is -27.1. The second kappa shape index (κ2) is 24.5. The summed E-state index contributed by atoms with van der Waals surface area (Å²) >= 11 is 0. The van der Waals surface area contributed by atoms with Crippen molar-refractivity contribution in [2.75, 3.05) is 13.1 Å². The topological polar surface area (TPSA) is 81.1 Å². The minimum atomic E-state index is -9.82. The molecule has 2 aliphatic rings. The maximum absolute atomic E-state index is 15.0. The molecule has 2 amide bonds. The van der Waals surface area contributed by atoms with E-state index in [1.54, 1.807) is 0 Å². The Morgan fingerprint density at radius 3 is 0.558 bits per heavy atom. The van der Waals surface area contributed by atoms with Crippen LogP contribution in [0.1, 0.15) is 57.8 Å². The molecule has 95 heavy (non-hydrogen) atoms. The van der Waals surface area contributed by atoms with Gasteiger partial charge in [-0.25, -0.2) is 27.2 Å². The van der Waals surface area contributed by atoms with Gasteiger partial charge in [0.25, 0.3) is 0 Å². The van der Waals surface area contributed by atoms with E-state index in [2.05, 4.69) is 0 Å². The van der Waals surface area contributed by atoms with E-state index in [1.165, 1.54) is 0 Å². The highest BCUT2D eigenvalue weighted by Gasteiger charge is 3.01. The van der Waals surface area contributed by atoms with Crippen molar-refractivity contribution in [3.8, 4) is 0 Å². The Morgan fingerprint density at radius 2 is 0.411 bits per heavy atom. The SMILES string of the molecule is O=C(O)N(CC(F)(F)C(F)(F)C(F)(F)C(F)(F)C(F)(F)C(F)(F)C(F)(F)C(F)(F)C(F)(F)C(F)(F)C(F)(F)C(F)F)C1CCC(CC2CCC(N(CC(F)(F)C(F)(F)C(F)(F)C(F)(F)C(F)(F)C(F)(F)C(F)(F)C(F)(F)C(F)(F)C(F)(F)C(F)(F)C(F)F)C(=O)O)CC2)CC1. The molecule has 0 aromatic heterocycles. The zero-order chi connectivity index (χ0) is 76.6. The molecule has 0 spiro atoms. The summed E-state index contributed by atoms with van der Waals surface area (Å²) in [5, 5.41) is 18.8. The largest absolute Gasteiger partial charge is 0.465 e. The fourth-order valence-electron chi connectivity index (χ4n) is 9.10. The van der Waals surface area contributed by atoms with Crippen molar-refractivity contribution >= 4 is 12.2 Å². The van der Waals surface area contributed by atoms with E-state index in [4.69, 9.17) is 0 Å². The van der Waals surface area contributed by atoms with E-state index in [-0.39, 0.29) is 0 Å². The number of halogens is 48. The summed E-state index contributed by atoms with van der Waals surface area (Å²) in [6.45, 7) is -7.58. The Labute approximate surface area is 491 Å². The van der Waals surface area contributed by atoms with Gasteiger partial charge in [-0.1, -0.05) is 0 Å². The highest BCUT2D eigenvalue weighted by molar-refractivity contribution is 5.66. The normalized spacial score (nSPS) is 21.0. The molecule has 0 aromatic rings. The molecule has 0 heterocycles. The van der Waals surface area contributed by atoms with Crippen LogP contribution in [0.15, 0.2) is 0 Å². The van der Waals surface area contributed by atoms with Gasteiger partial charge in [-0.3, -0.25) is 9.80 Å². The van der Waals surface area contributed by atoms with Crippen molar-refractivity contribution < 1.29 is 231 Å². The van der Waals surface area contributed by atoms with Gasteiger partial charge in [-0.2, -0.15) is 193 Å². The lowest BCUT2D eigenvalue weighted by molar-refractivity contribution is -0.476. The first-order valence-electron chi connectivity index (χ1n) is 24.0. The lowest BCUT2D eigenvalue weighted by Crippen LogP contribution is -2.78. The van der Waals surface area contributed by atoms with Crippen LogP contribution in [0.2, 0.25) is 0 Å². The van der Waals surface area contributed by atoms with Crippen molar-refractivity contribution in [1.29, 1.82) is 0 Å². The minimum absolute atomic E-state index is 0.497. The van der Waals surface area contributed by atoms with Crippen LogP contribution in [0, 0.1) is 11.8 Å². The molecule has 0 radical (unpaired) electrons. The third-order valence-electron chi connectivity index (χ3n) is 15.0. The third-order valence-corrected chi connectivity index (χ3v) is 15.0. The van der Waals surface area contributed by atoms with Gasteiger partial charge in [0.2, 0.25) is 0 Å². The van der Waals surface area contributed by atoms with Crippen molar-refractivity contribution in [2.24, 2.45) is 11.8 Å². The van der Waals surface area contributed by atoms with E-state index in [0.717, 1.165) is 0 Å². The number of carboxylic acid groups (broad SMARTS) is 2. The maximum atomic E-state index is 15.0. The molecule has 2 N–H and O–H groups in total. The first kappa shape index (κ1) is 86.3. The number of hydrogen-bond donors (Lipinski definition) is 2. The molecule has 2 aliphatic carbocycles. The molecule has 564 valence electrons. The first-order chi connectivity index (χ1) is 41.1. The van der Waals surface area contributed by atoms with Gasteiger partial charge in [0, 0.05) is 12.1 Å². The quantitative estimate of drug-likeness (QED) is 0.0702. The van der Waals surface area contributed by atoms with Crippen molar-refractivity contribution in [3.05, 3.63) is 0 Å². The summed E-state index contributed by atoms with van der Waals surface area (Å²) in [4.78, 5) is 21.3. The van der Waals surface area contributed by atoms with Crippen molar-refractivity contribution in [1.82, 2.24) is 9.80 Å². The van der Waals surface area contributed by atoms with Gasteiger partial charge < -0.3 is 10.2 Å². The molecule has 2 rings (SSSR count). The summed E-state index contributed by atoms with van der Waals surface area (Å²) in [7, 11) is 0. The van der Waals surface area contributed by atoms with Crippen LogP contribution in [-0.2, 0) is 0 Å². The molecule has 0 aliphatic heterocycles. The van der Waals surface area contributed by atoms with Crippen molar-refractivity contribution in [3.63, 3.8) is 0 Å². The monoisotopic (exact) mass is 1530 g/mol. The van der Waals surface area contributed by atoms with Gasteiger partial charge in [0.15, 0.2) is 0 Å². The molecule has 2 saturated carbocycles. The standard InChI is InChI=1S/C41H30F48N2O4/c42-16(43)22(50,51)26(58,59)30(66,67)34(74,75)38(82,83)40(86,87)36(78,79)32(70,71)28(62,63)24(54,55)20(46,47)10-90(18(92)93)14-5-1-12(2-6-14)9-13-3-7-15(8-4-13)91(19(94)95)11-21(48,49)25(56,57)29(64,65)33(72,73)37(80,81)41(88,89)39(84,85)35(76,77)31(68,69)27(60,61)23(52,53)17(44)45/h12-17H,1-11H2,(H,92,93)(H,94,95). The molecular weight excluding hydrogens is 1500 g/mol. The third kappa shape index (κ3) is 12.0. The van der Waals surface area contributed by atoms with Crippen LogP contribution in [0.5, 0.6) is 0 Å². The fraction of sp³-hybridized carbons (Fsp3) is 0.951. The van der Waals surface area contributed by atoms with Gasteiger partial charge in [0.05, 0.1) is 13.1 Å². The van der Waals surface area contributed by atoms with Crippen LogP contribution < -0.4 is 0 Å². The van der Waals surface area contributed by atoms with Crippen LogP contribution in [0.25, 0.3) is 0 Å². The van der Waals surface area contributed by atoms with Crippen LogP contribution in [-0.4, -0.2) is 201 Å². The van der Waals surface area contributed by atoms with E-state index in [0.29, 0.717) is 0 Å². The molecule has 0 bridgehead atoms. The Hall–Kier alpha value is -4.82. The minimum Gasteiger partial charge on any atom is -0.465 e. The molecule has 54 heteroatoms. The second-order valence-electron chi connectivity index (χ2n) is 21.0. The Balaban J connectivity index is 2.38. The number of rotatable bonds is 30. The first-order valence-corrected chi connectivity index (χ1v) is 24.0. The molecular formula is C41H30F48N2O4. The summed E-state index contributed by atoms with van der Waals surface area (Å²) in [5.74, 6) is -203. The fourth-order valence-corrected chi connectivity index (χ4v) is 9.10. The van der Waals surface area contributed by atoms with Gasteiger partial charge in [-0.15, -0.1) is 0 Å². The van der Waals surface area contributed by atoms with E-state index in [9.17, 15) is 231 Å². The van der Waals surface area contributed by atoms with Gasteiger partial charge in [0.1, 0.15) is 0 Å². The second-order valence-corrected chi connectivity index (χ2v) is 21.0. The molecule has 2 fully saturated rings. The number of nitrogens with zero attached hydrogens (tertiary/aromatic N) is 2. The highest BCUT2D eigenvalue weighted by atomic mass is 19.4. The highest BCUT2D eigenvalue weighted by Crippen LogP contribution is 2.70. The summed E-state index contributed by atoms with van der Waals surface area (Å²) in [5.41, 5.74) is 0. The number of carbonyl (C=O) groups is 2. The number of hydrogen-bond acceptors (Lipinski definition) is 2. The zero-order valence-electron chi connectivity index (χ0n) is 44.0. The molecule has 0 atom stereocenters. The predicted octanol–water partition coefficient (Wildman–Crippen LogP) is 19.0. The van der Waals surface area contributed by atoms with Crippen LogP contribution in [0.4, 0.5) is 220 Å². The van der Waals surface area contributed by atoms with E-state index >= 15 is 0 Å². The van der Waals surface area contributed by atoms with Gasteiger partial charge in [-0.05, 0) is 69.6 Å². The predicted molar refractivity (Wildman–Crippen MR) is 206 cm³/mol. The van der Waals surface area contributed by atoms with Gasteiger partial charge >= 0.3 is 155 Å². The molecule has 0 unspecified atom stereocenters. The van der Waals surface area contributed by atoms with Crippen molar-refractivity contribution in [2.45, 2.75) is 213 Å².